The van der Waals surface area contributed by atoms with E-state index in [4.69, 9.17) is 39.5 Å². The summed E-state index contributed by atoms with van der Waals surface area (Å²) in [6.45, 7) is 7.30. The SMILES string of the molecule is COc1ccc(CN2Cc3c(-c4ccccc4Cl)cc(N4CC5CC4CN5C(C)C)cc3N(c3c(Cl)cccc3Cl)C2=O)cc1. The molecule has 45 heavy (non-hydrogen) atoms. The summed E-state index contributed by atoms with van der Waals surface area (Å²) in [6.07, 6.45) is 1.13. The number of carbonyl (C=O) groups excluding carboxylic acids is 1. The number of likely N-dealkylation sites (tertiary alicyclic amines) is 1. The van der Waals surface area contributed by atoms with Crippen molar-refractivity contribution in [1.82, 2.24) is 9.80 Å². The molecule has 7 rings (SSSR count). The molecule has 2 unspecified atom stereocenters. The first-order valence-corrected chi connectivity index (χ1v) is 16.5. The van der Waals surface area contributed by atoms with Crippen molar-refractivity contribution in [3.63, 3.8) is 0 Å². The Balaban J connectivity index is 1.40. The molecule has 0 radical (unpaired) electrons. The van der Waals surface area contributed by atoms with E-state index in [1.807, 2.05) is 47.4 Å². The molecule has 3 aliphatic rings. The predicted molar refractivity (Wildman–Crippen MR) is 185 cm³/mol. The first-order chi connectivity index (χ1) is 21.7. The molecule has 0 aromatic heterocycles. The zero-order chi connectivity index (χ0) is 31.4. The maximum atomic E-state index is 14.6. The number of hydrogen-bond donors (Lipinski definition) is 0. The normalized spacial score (nSPS) is 19.5. The van der Waals surface area contributed by atoms with Gasteiger partial charge in [-0.05, 0) is 73.9 Å². The Morgan fingerprint density at radius 3 is 2.20 bits per heavy atom. The highest BCUT2D eigenvalue weighted by atomic mass is 35.5. The van der Waals surface area contributed by atoms with Gasteiger partial charge in [-0.1, -0.05) is 71.2 Å². The van der Waals surface area contributed by atoms with E-state index in [0.717, 1.165) is 58.9 Å². The van der Waals surface area contributed by atoms with Crippen LogP contribution in [0.2, 0.25) is 15.1 Å². The Kier molecular flexibility index (Phi) is 8.11. The standard InChI is InChI=1S/C36H35Cl3N4O2/c1-22(2)41-19-26-15-25(41)20-42(26)24-16-29(28-7-4-5-8-31(28)37)30-21-40(18-23-11-13-27(45-3)14-12-23)36(44)43(34(30)17-24)35-32(38)9-6-10-33(35)39/h4-14,16-17,22,25-26H,15,18-21H2,1-3H3. The first kappa shape index (κ1) is 30.2. The van der Waals surface area contributed by atoms with E-state index in [-0.39, 0.29) is 6.03 Å². The molecular weight excluding hydrogens is 627 g/mol. The van der Waals surface area contributed by atoms with E-state index in [1.54, 1.807) is 30.2 Å². The second-order valence-electron chi connectivity index (χ2n) is 12.3. The van der Waals surface area contributed by atoms with Gasteiger partial charge in [0.25, 0.3) is 0 Å². The van der Waals surface area contributed by atoms with Gasteiger partial charge in [0.15, 0.2) is 0 Å². The highest BCUT2D eigenvalue weighted by Crippen LogP contribution is 2.49. The summed E-state index contributed by atoms with van der Waals surface area (Å²) in [6, 6.07) is 26.7. The molecule has 6 nitrogen and oxygen atoms in total. The summed E-state index contributed by atoms with van der Waals surface area (Å²) < 4.78 is 5.36. The minimum absolute atomic E-state index is 0.190. The van der Waals surface area contributed by atoms with E-state index in [2.05, 4.69) is 41.8 Å². The number of piperazine rings is 1. The van der Waals surface area contributed by atoms with E-state index >= 15 is 0 Å². The number of halogens is 3. The van der Waals surface area contributed by atoms with Crippen molar-refractivity contribution in [2.45, 2.75) is 51.5 Å². The molecule has 232 valence electrons. The van der Waals surface area contributed by atoms with Gasteiger partial charge in [0.2, 0.25) is 0 Å². The number of fused-ring (bicyclic) bond motifs is 3. The number of urea groups is 1. The van der Waals surface area contributed by atoms with Crippen LogP contribution in [0.3, 0.4) is 0 Å². The van der Waals surface area contributed by atoms with Crippen LogP contribution in [0.1, 0.15) is 31.4 Å². The number of anilines is 3. The van der Waals surface area contributed by atoms with Crippen LogP contribution in [0.4, 0.5) is 21.9 Å². The molecule has 2 bridgehead atoms. The molecule has 4 aromatic carbocycles. The fourth-order valence-electron chi connectivity index (χ4n) is 7.24. The third-order valence-electron chi connectivity index (χ3n) is 9.40. The Morgan fingerprint density at radius 2 is 1.56 bits per heavy atom. The second-order valence-corrected chi connectivity index (χ2v) is 13.6. The molecule has 2 saturated heterocycles. The van der Waals surface area contributed by atoms with Gasteiger partial charge in [0, 0.05) is 59.6 Å². The van der Waals surface area contributed by atoms with Crippen molar-refractivity contribution in [2.75, 3.05) is 30.0 Å². The lowest BCUT2D eigenvalue weighted by Crippen LogP contribution is -2.49. The van der Waals surface area contributed by atoms with Crippen molar-refractivity contribution in [3.05, 3.63) is 105 Å². The van der Waals surface area contributed by atoms with Crippen LogP contribution in [-0.4, -0.2) is 54.2 Å². The van der Waals surface area contributed by atoms with Crippen LogP contribution < -0.4 is 14.5 Å². The van der Waals surface area contributed by atoms with E-state index < -0.39 is 0 Å². The molecule has 9 heteroatoms. The lowest BCUT2D eigenvalue weighted by molar-refractivity contribution is 0.191. The summed E-state index contributed by atoms with van der Waals surface area (Å²) in [5.74, 6) is 0.763. The van der Waals surface area contributed by atoms with Gasteiger partial charge in [-0.3, -0.25) is 9.80 Å². The van der Waals surface area contributed by atoms with Gasteiger partial charge >= 0.3 is 6.03 Å². The van der Waals surface area contributed by atoms with E-state index in [0.29, 0.717) is 52.0 Å². The number of ether oxygens (including phenoxy) is 1. The van der Waals surface area contributed by atoms with Crippen LogP contribution >= 0.6 is 34.8 Å². The molecule has 4 aromatic rings. The molecule has 0 saturated carbocycles. The monoisotopic (exact) mass is 660 g/mol. The summed E-state index contributed by atoms with van der Waals surface area (Å²) >= 11 is 20.6. The number of hydrogen-bond acceptors (Lipinski definition) is 4. The summed E-state index contributed by atoms with van der Waals surface area (Å²) in [7, 11) is 1.64. The minimum atomic E-state index is -0.190. The smallest absolute Gasteiger partial charge is 0.329 e. The molecule has 2 fully saturated rings. The number of amides is 2. The third kappa shape index (κ3) is 5.42. The minimum Gasteiger partial charge on any atom is -0.497 e. The number of rotatable bonds is 7. The molecule has 2 atom stereocenters. The Bertz CT molecular complexity index is 1740. The number of para-hydroxylation sites is 1. The van der Waals surface area contributed by atoms with Crippen molar-refractivity contribution in [3.8, 4) is 16.9 Å². The highest BCUT2D eigenvalue weighted by Gasteiger charge is 2.45. The van der Waals surface area contributed by atoms with Crippen molar-refractivity contribution < 1.29 is 9.53 Å². The maximum absolute atomic E-state index is 14.6. The Labute approximate surface area is 279 Å². The third-order valence-corrected chi connectivity index (χ3v) is 10.3. The van der Waals surface area contributed by atoms with Gasteiger partial charge in [-0.2, -0.15) is 0 Å². The predicted octanol–water partition coefficient (Wildman–Crippen LogP) is 9.27. The molecule has 0 aliphatic carbocycles. The number of carbonyl (C=O) groups is 1. The molecule has 2 amide bonds. The number of nitrogens with zero attached hydrogens (tertiary/aromatic N) is 4. The van der Waals surface area contributed by atoms with Crippen molar-refractivity contribution >= 4 is 57.9 Å². The average molecular weight is 662 g/mol. The van der Waals surface area contributed by atoms with Crippen LogP contribution in [0.25, 0.3) is 11.1 Å². The first-order valence-electron chi connectivity index (χ1n) is 15.3. The number of methoxy groups -OCH3 is 1. The largest absolute Gasteiger partial charge is 0.497 e. The fraction of sp³-hybridized carbons (Fsp3) is 0.306. The van der Waals surface area contributed by atoms with Crippen LogP contribution in [0, 0.1) is 0 Å². The Hall–Kier alpha value is -3.42. The average Bonchev–Trinajstić information content (AvgIpc) is 3.65. The van der Waals surface area contributed by atoms with Crippen LogP contribution in [0.5, 0.6) is 5.75 Å². The molecule has 0 N–H and O–H groups in total. The fourth-order valence-corrected chi connectivity index (χ4v) is 8.04. The molecule has 0 spiro atoms. The zero-order valence-corrected chi connectivity index (χ0v) is 27.8. The molecular formula is C36H35Cl3N4O2. The summed E-state index contributed by atoms with van der Waals surface area (Å²) in [5.41, 5.74) is 6.22. The van der Waals surface area contributed by atoms with Crippen molar-refractivity contribution in [1.29, 1.82) is 0 Å². The Morgan fingerprint density at radius 1 is 0.844 bits per heavy atom. The second kappa shape index (κ2) is 12.1. The van der Waals surface area contributed by atoms with Crippen LogP contribution in [-0.2, 0) is 13.1 Å². The number of benzene rings is 4. The summed E-state index contributed by atoms with van der Waals surface area (Å²) in [5, 5.41) is 1.47. The quantitative estimate of drug-likeness (QED) is 0.198. The lowest BCUT2D eigenvalue weighted by atomic mass is 9.93. The van der Waals surface area contributed by atoms with Gasteiger partial charge in [0.1, 0.15) is 5.75 Å². The van der Waals surface area contributed by atoms with Gasteiger partial charge in [-0.15, -0.1) is 0 Å². The van der Waals surface area contributed by atoms with E-state index in [9.17, 15) is 4.79 Å². The van der Waals surface area contributed by atoms with Crippen molar-refractivity contribution in [2.24, 2.45) is 0 Å². The molecule has 3 heterocycles. The van der Waals surface area contributed by atoms with Crippen LogP contribution in [0.15, 0.2) is 78.9 Å². The summed E-state index contributed by atoms with van der Waals surface area (Å²) in [4.78, 5) is 23.2. The maximum Gasteiger partial charge on any atom is 0.329 e. The van der Waals surface area contributed by atoms with E-state index in [1.165, 1.54) is 0 Å². The highest BCUT2D eigenvalue weighted by molar-refractivity contribution is 6.40. The topological polar surface area (TPSA) is 39.3 Å². The zero-order valence-electron chi connectivity index (χ0n) is 25.5. The molecule has 3 aliphatic heterocycles. The van der Waals surface area contributed by atoms with Gasteiger partial charge in [0.05, 0.1) is 35.1 Å². The lowest BCUT2D eigenvalue weighted by Gasteiger charge is -2.41. The van der Waals surface area contributed by atoms with Gasteiger partial charge in [-0.25, -0.2) is 4.79 Å². The van der Waals surface area contributed by atoms with Gasteiger partial charge < -0.3 is 14.5 Å².